The van der Waals surface area contributed by atoms with Crippen LogP contribution in [0.5, 0.6) is 0 Å². The van der Waals surface area contributed by atoms with E-state index in [1.807, 2.05) is 42.7 Å². The molecule has 1 heterocycles. The molecule has 2 N–H and O–H groups in total. The SMILES string of the molecule is CCc1ccc(C(=O)C(C)Sc2nc3cc(S(N)(=O)=O)ccc3n2CC)cc1. The smallest absolute Gasteiger partial charge is 0.238 e. The van der Waals surface area contributed by atoms with Gasteiger partial charge in [-0.2, -0.15) is 0 Å². The van der Waals surface area contributed by atoms with E-state index in [2.05, 4.69) is 11.9 Å². The Hall–Kier alpha value is -2.16. The summed E-state index contributed by atoms with van der Waals surface area (Å²) in [5, 5.41) is 5.57. The first-order chi connectivity index (χ1) is 13.2. The number of aromatic nitrogens is 2. The summed E-state index contributed by atoms with van der Waals surface area (Å²) in [5.41, 5.74) is 3.22. The maximum atomic E-state index is 12.8. The number of Topliss-reactive ketones (excluding diaryl/α,β-unsaturated/α-hetero) is 1. The monoisotopic (exact) mass is 417 g/mol. The predicted octanol–water partition coefficient (Wildman–Crippen LogP) is 3.63. The summed E-state index contributed by atoms with van der Waals surface area (Å²) in [5.74, 6) is 0.0348. The van der Waals surface area contributed by atoms with Crippen molar-refractivity contribution in [1.29, 1.82) is 0 Å². The number of rotatable bonds is 7. The molecule has 1 unspecified atom stereocenters. The van der Waals surface area contributed by atoms with Crippen molar-refractivity contribution in [3.63, 3.8) is 0 Å². The van der Waals surface area contributed by atoms with Gasteiger partial charge < -0.3 is 4.57 Å². The molecule has 6 nitrogen and oxygen atoms in total. The number of fused-ring (bicyclic) bond motifs is 1. The van der Waals surface area contributed by atoms with E-state index in [1.165, 1.54) is 29.5 Å². The highest BCUT2D eigenvalue weighted by Gasteiger charge is 2.21. The van der Waals surface area contributed by atoms with E-state index in [4.69, 9.17) is 5.14 Å². The quantitative estimate of drug-likeness (QED) is 0.468. The zero-order valence-electron chi connectivity index (χ0n) is 16.0. The van der Waals surface area contributed by atoms with Gasteiger partial charge in [0.1, 0.15) is 0 Å². The highest BCUT2D eigenvalue weighted by atomic mass is 32.2. The van der Waals surface area contributed by atoms with Crippen molar-refractivity contribution >= 4 is 38.6 Å². The van der Waals surface area contributed by atoms with Crippen LogP contribution >= 0.6 is 11.8 Å². The van der Waals surface area contributed by atoms with Crippen molar-refractivity contribution in [2.45, 2.75) is 49.0 Å². The Labute approximate surface area is 169 Å². The van der Waals surface area contributed by atoms with Crippen molar-refractivity contribution in [2.24, 2.45) is 5.14 Å². The minimum Gasteiger partial charge on any atom is -0.319 e. The van der Waals surface area contributed by atoms with Crippen LogP contribution in [-0.4, -0.2) is 29.0 Å². The number of imidazole rings is 1. The number of nitrogens with zero attached hydrogens (tertiary/aromatic N) is 2. The third-order valence-electron chi connectivity index (χ3n) is 4.63. The molecule has 0 saturated heterocycles. The number of nitrogens with two attached hydrogens (primary N) is 1. The third-order valence-corrected chi connectivity index (χ3v) is 6.63. The fourth-order valence-electron chi connectivity index (χ4n) is 3.01. The van der Waals surface area contributed by atoms with Crippen molar-refractivity contribution in [1.82, 2.24) is 9.55 Å². The lowest BCUT2D eigenvalue weighted by atomic mass is 10.1. The lowest BCUT2D eigenvalue weighted by Gasteiger charge is -2.11. The van der Waals surface area contributed by atoms with Gasteiger partial charge in [-0.1, -0.05) is 43.0 Å². The van der Waals surface area contributed by atoms with Crippen molar-refractivity contribution in [3.05, 3.63) is 53.6 Å². The molecule has 0 aliphatic rings. The highest BCUT2D eigenvalue weighted by Crippen LogP contribution is 2.30. The molecule has 0 saturated carbocycles. The molecule has 0 amide bonds. The van der Waals surface area contributed by atoms with Gasteiger partial charge >= 0.3 is 0 Å². The van der Waals surface area contributed by atoms with Gasteiger partial charge in [0, 0.05) is 12.1 Å². The van der Waals surface area contributed by atoms with Crippen LogP contribution in [0.1, 0.15) is 36.7 Å². The van der Waals surface area contributed by atoms with Crippen molar-refractivity contribution < 1.29 is 13.2 Å². The van der Waals surface area contributed by atoms with Gasteiger partial charge in [-0.15, -0.1) is 0 Å². The van der Waals surface area contributed by atoms with Gasteiger partial charge in [-0.3, -0.25) is 4.79 Å². The standard InChI is InChI=1S/C20H23N3O3S2/c1-4-14-6-8-15(9-7-14)19(24)13(3)27-20-22-17-12-16(28(21,25)26)10-11-18(17)23(20)5-2/h6-13H,4-5H2,1-3H3,(H2,21,25,26). The first-order valence-corrected chi connectivity index (χ1v) is 11.5. The number of aryl methyl sites for hydroxylation is 2. The van der Waals surface area contributed by atoms with Crippen LogP contribution in [-0.2, 0) is 23.0 Å². The minimum absolute atomic E-state index is 0.0254. The average molecular weight is 418 g/mol. The maximum Gasteiger partial charge on any atom is 0.238 e. The first-order valence-electron chi connectivity index (χ1n) is 9.07. The van der Waals surface area contributed by atoms with Crippen LogP contribution in [0.25, 0.3) is 11.0 Å². The second-order valence-electron chi connectivity index (χ2n) is 6.51. The predicted molar refractivity (Wildman–Crippen MR) is 112 cm³/mol. The van der Waals surface area contributed by atoms with Crippen molar-refractivity contribution in [3.8, 4) is 0 Å². The Balaban J connectivity index is 1.90. The van der Waals surface area contributed by atoms with Crippen LogP contribution in [0.2, 0.25) is 0 Å². The lowest BCUT2D eigenvalue weighted by Crippen LogP contribution is -2.14. The summed E-state index contributed by atoms with van der Waals surface area (Å²) in [7, 11) is -3.79. The molecular weight excluding hydrogens is 394 g/mol. The minimum atomic E-state index is -3.79. The van der Waals surface area contributed by atoms with E-state index in [9.17, 15) is 13.2 Å². The second kappa shape index (κ2) is 8.06. The van der Waals surface area contributed by atoms with Crippen LogP contribution in [0.3, 0.4) is 0 Å². The Kier molecular flexibility index (Phi) is 5.92. The molecule has 0 spiro atoms. The first kappa shape index (κ1) is 20.6. The summed E-state index contributed by atoms with van der Waals surface area (Å²) in [6.07, 6.45) is 0.930. The topological polar surface area (TPSA) is 95.1 Å². The number of sulfonamides is 1. The molecule has 28 heavy (non-hydrogen) atoms. The van der Waals surface area contributed by atoms with Gasteiger partial charge in [-0.25, -0.2) is 18.5 Å². The molecule has 0 fully saturated rings. The number of hydrogen-bond acceptors (Lipinski definition) is 5. The molecule has 0 aliphatic heterocycles. The largest absolute Gasteiger partial charge is 0.319 e. The number of primary sulfonamides is 1. The van der Waals surface area contributed by atoms with E-state index >= 15 is 0 Å². The molecule has 0 aliphatic carbocycles. The van der Waals surface area contributed by atoms with E-state index in [1.54, 1.807) is 6.07 Å². The lowest BCUT2D eigenvalue weighted by molar-refractivity contribution is 0.0994. The Bertz CT molecular complexity index is 1120. The van der Waals surface area contributed by atoms with E-state index < -0.39 is 10.0 Å². The number of hydrogen-bond donors (Lipinski definition) is 1. The van der Waals surface area contributed by atoms with Crippen LogP contribution in [0.4, 0.5) is 0 Å². The number of carbonyl (C=O) groups is 1. The summed E-state index contributed by atoms with van der Waals surface area (Å²) in [4.78, 5) is 17.4. The van der Waals surface area contributed by atoms with Crippen molar-refractivity contribution in [2.75, 3.05) is 0 Å². The van der Waals surface area contributed by atoms with E-state index in [-0.39, 0.29) is 15.9 Å². The normalized spacial score (nSPS) is 13.0. The summed E-state index contributed by atoms with van der Waals surface area (Å²) in [6.45, 7) is 6.57. The molecule has 3 rings (SSSR count). The molecule has 3 aromatic rings. The third kappa shape index (κ3) is 4.14. The zero-order chi connectivity index (χ0) is 20.5. The molecular formula is C20H23N3O3S2. The number of benzene rings is 2. The molecule has 2 aromatic carbocycles. The van der Waals surface area contributed by atoms with Gasteiger partial charge in [-0.05, 0) is 44.0 Å². The van der Waals surface area contributed by atoms with Crippen LogP contribution < -0.4 is 5.14 Å². The fraction of sp³-hybridized carbons (Fsp3) is 0.300. The van der Waals surface area contributed by atoms with E-state index in [0.717, 1.165) is 11.9 Å². The summed E-state index contributed by atoms with van der Waals surface area (Å²) in [6, 6.07) is 12.3. The Morgan fingerprint density at radius 2 is 1.86 bits per heavy atom. The Morgan fingerprint density at radius 1 is 1.18 bits per heavy atom. The molecule has 1 atom stereocenters. The molecule has 8 heteroatoms. The van der Waals surface area contributed by atoms with Gasteiger partial charge in [0.25, 0.3) is 0 Å². The maximum absolute atomic E-state index is 12.8. The molecule has 0 bridgehead atoms. The number of thioether (sulfide) groups is 1. The fourth-order valence-corrected chi connectivity index (χ4v) is 4.61. The molecule has 0 radical (unpaired) electrons. The van der Waals surface area contributed by atoms with Crippen LogP contribution in [0, 0.1) is 0 Å². The number of carbonyl (C=O) groups excluding carboxylic acids is 1. The average Bonchev–Trinajstić information content (AvgIpc) is 3.02. The highest BCUT2D eigenvalue weighted by molar-refractivity contribution is 8.00. The van der Waals surface area contributed by atoms with Gasteiger partial charge in [0.15, 0.2) is 10.9 Å². The molecule has 1 aromatic heterocycles. The zero-order valence-corrected chi connectivity index (χ0v) is 17.7. The Morgan fingerprint density at radius 3 is 2.43 bits per heavy atom. The van der Waals surface area contributed by atoms with Gasteiger partial charge in [0.05, 0.1) is 21.2 Å². The summed E-state index contributed by atoms with van der Waals surface area (Å²) < 4.78 is 25.2. The number of ketones is 1. The molecule has 148 valence electrons. The van der Waals surface area contributed by atoms with E-state index in [0.29, 0.717) is 22.8 Å². The van der Waals surface area contributed by atoms with Crippen LogP contribution in [0.15, 0.2) is 52.5 Å². The van der Waals surface area contributed by atoms with Gasteiger partial charge in [0.2, 0.25) is 10.0 Å². The summed E-state index contributed by atoms with van der Waals surface area (Å²) >= 11 is 1.37. The second-order valence-corrected chi connectivity index (χ2v) is 9.38.